The Morgan fingerprint density at radius 3 is 2.60 bits per heavy atom. The van der Waals surface area contributed by atoms with Crippen molar-refractivity contribution in [1.29, 1.82) is 0 Å². The van der Waals surface area contributed by atoms with Gasteiger partial charge in [0.2, 0.25) is 17.7 Å². The van der Waals surface area contributed by atoms with Crippen LogP contribution >= 0.6 is 0 Å². The molecule has 0 aliphatic carbocycles. The number of nitrogens with two attached hydrogens (primary N) is 1. The fourth-order valence-electron chi connectivity index (χ4n) is 2.09. The molecule has 0 bridgehead atoms. The van der Waals surface area contributed by atoms with Crippen LogP contribution in [0.25, 0.3) is 0 Å². The third-order valence-corrected chi connectivity index (χ3v) is 3.12. The molecule has 1 aliphatic heterocycles. The minimum absolute atomic E-state index is 0.233. The van der Waals surface area contributed by atoms with Gasteiger partial charge < -0.3 is 16.4 Å². The lowest BCUT2D eigenvalue weighted by atomic mass is 10.0. The first-order valence-electron chi connectivity index (χ1n) is 7.00. The SMILES string of the molecule is CC(C)C[C@H](N)C(=O)NCC(=O)NC(=O)[C@H]1CCCN1. The highest BCUT2D eigenvalue weighted by Crippen LogP contribution is 2.04. The van der Waals surface area contributed by atoms with E-state index in [2.05, 4.69) is 16.0 Å². The summed E-state index contributed by atoms with van der Waals surface area (Å²) in [4.78, 5) is 34.8. The van der Waals surface area contributed by atoms with E-state index in [1.807, 2.05) is 13.8 Å². The average molecular weight is 284 g/mol. The van der Waals surface area contributed by atoms with Gasteiger partial charge in [0.25, 0.3) is 0 Å². The number of hydrogen-bond donors (Lipinski definition) is 4. The quantitative estimate of drug-likeness (QED) is 0.493. The van der Waals surface area contributed by atoms with Crippen LogP contribution in [0.3, 0.4) is 0 Å². The maximum absolute atomic E-state index is 11.6. The van der Waals surface area contributed by atoms with Crippen LogP contribution in [0.15, 0.2) is 0 Å². The van der Waals surface area contributed by atoms with Crippen molar-refractivity contribution in [3.8, 4) is 0 Å². The topological polar surface area (TPSA) is 113 Å². The normalized spacial score (nSPS) is 19.7. The molecule has 5 N–H and O–H groups in total. The Labute approximate surface area is 119 Å². The second-order valence-corrected chi connectivity index (χ2v) is 5.52. The maximum atomic E-state index is 11.6. The lowest BCUT2D eigenvalue weighted by Crippen LogP contribution is -2.49. The number of hydrogen-bond acceptors (Lipinski definition) is 5. The zero-order valence-corrected chi connectivity index (χ0v) is 12.1. The molecule has 1 rings (SSSR count). The first-order valence-corrected chi connectivity index (χ1v) is 7.00. The van der Waals surface area contributed by atoms with Crippen LogP contribution < -0.4 is 21.7 Å². The predicted octanol–water partition coefficient (Wildman–Crippen LogP) is -1.13. The highest BCUT2D eigenvalue weighted by Gasteiger charge is 2.23. The summed E-state index contributed by atoms with van der Waals surface area (Å²) in [5.41, 5.74) is 5.68. The van der Waals surface area contributed by atoms with Gasteiger partial charge in [-0.2, -0.15) is 0 Å². The lowest BCUT2D eigenvalue weighted by Gasteiger charge is -2.14. The minimum Gasteiger partial charge on any atom is -0.346 e. The van der Waals surface area contributed by atoms with E-state index >= 15 is 0 Å². The Kier molecular flexibility index (Phi) is 6.60. The van der Waals surface area contributed by atoms with E-state index in [0.717, 1.165) is 19.4 Å². The summed E-state index contributed by atoms with van der Waals surface area (Å²) in [5.74, 6) is -0.929. The van der Waals surface area contributed by atoms with Crippen molar-refractivity contribution in [2.24, 2.45) is 11.7 Å². The summed E-state index contributed by atoms with van der Waals surface area (Å²) >= 11 is 0. The second-order valence-electron chi connectivity index (χ2n) is 5.52. The van der Waals surface area contributed by atoms with Crippen LogP contribution in [0.4, 0.5) is 0 Å². The summed E-state index contributed by atoms with van der Waals surface area (Å²) in [6.45, 7) is 4.48. The number of rotatable bonds is 6. The zero-order chi connectivity index (χ0) is 15.1. The highest BCUT2D eigenvalue weighted by atomic mass is 16.2. The van der Waals surface area contributed by atoms with E-state index in [4.69, 9.17) is 5.73 Å². The molecular formula is C13H24N4O3. The molecule has 7 heteroatoms. The monoisotopic (exact) mass is 284 g/mol. The van der Waals surface area contributed by atoms with E-state index in [9.17, 15) is 14.4 Å². The Bertz CT molecular complexity index is 365. The Morgan fingerprint density at radius 2 is 2.05 bits per heavy atom. The Morgan fingerprint density at radius 1 is 1.35 bits per heavy atom. The molecule has 1 saturated heterocycles. The summed E-state index contributed by atoms with van der Waals surface area (Å²) in [6, 6.07) is -0.937. The van der Waals surface area contributed by atoms with Crippen molar-refractivity contribution in [1.82, 2.24) is 16.0 Å². The highest BCUT2D eigenvalue weighted by molar-refractivity contribution is 5.99. The van der Waals surface area contributed by atoms with Crippen molar-refractivity contribution in [2.75, 3.05) is 13.1 Å². The average Bonchev–Trinajstić information content (AvgIpc) is 2.88. The van der Waals surface area contributed by atoms with Gasteiger partial charge in [-0.3, -0.25) is 19.7 Å². The fourth-order valence-corrected chi connectivity index (χ4v) is 2.09. The smallest absolute Gasteiger partial charge is 0.245 e. The van der Waals surface area contributed by atoms with Gasteiger partial charge in [0, 0.05) is 0 Å². The first kappa shape index (κ1) is 16.6. The third-order valence-electron chi connectivity index (χ3n) is 3.12. The number of nitrogens with one attached hydrogen (secondary N) is 3. The molecule has 0 radical (unpaired) electrons. The minimum atomic E-state index is -0.630. The number of carbonyl (C=O) groups is 3. The van der Waals surface area contributed by atoms with Crippen molar-refractivity contribution in [3.05, 3.63) is 0 Å². The molecule has 0 unspecified atom stereocenters. The number of amides is 3. The third kappa shape index (κ3) is 5.66. The van der Waals surface area contributed by atoms with Gasteiger partial charge in [-0.1, -0.05) is 13.8 Å². The summed E-state index contributed by atoms with van der Waals surface area (Å²) < 4.78 is 0. The first-order chi connectivity index (χ1) is 9.40. The molecule has 1 heterocycles. The molecule has 1 fully saturated rings. The van der Waals surface area contributed by atoms with Crippen LogP contribution in [0, 0.1) is 5.92 Å². The molecule has 3 amide bonds. The van der Waals surface area contributed by atoms with Crippen molar-refractivity contribution in [3.63, 3.8) is 0 Å². The predicted molar refractivity (Wildman–Crippen MR) is 74.6 cm³/mol. The van der Waals surface area contributed by atoms with Gasteiger partial charge in [0.05, 0.1) is 18.6 Å². The summed E-state index contributed by atoms with van der Waals surface area (Å²) in [5, 5.41) is 7.69. The van der Waals surface area contributed by atoms with Gasteiger partial charge in [0.15, 0.2) is 0 Å². The van der Waals surface area contributed by atoms with E-state index in [0.29, 0.717) is 12.3 Å². The van der Waals surface area contributed by atoms with E-state index in [1.54, 1.807) is 0 Å². The van der Waals surface area contributed by atoms with E-state index in [1.165, 1.54) is 0 Å². The molecular weight excluding hydrogens is 260 g/mol. The van der Waals surface area contributed by atoms with Gasteiger partial charge in [-0.05, 0) is 31.7 Å². The maximum Gasteiger partial charge on any atom is 0.245 e. The van der Waals surface area contributed by atoms with Crippen LogP contribution in [0.5, 0.6) is 0 Å². The van der Waals surface area contributed by atoms with Gasteiger partial charge >= 0.3 is 0 Å². The molecule has 2 atom stereocenters. The van der Waals surface area contributed by atoms with Crippen molar-refractivity contribution in [2.45, 2.75) is 45.2 Å². The zero-order valence-electron chi connectivity index (χ0n) is 12.1. The molecule has 20 heavy (non-hydrogen) atoms. The van der Waals surface area contributed by atoms with Gasteiger partial charge in [-0.25, -0.2) is 0 Å². The Balaban J connectivity index is 2.25. The number of carbonyl (C=O) groups excluding carboxylic acids is 3. The molecule has 0 spiro atoms. The fraction of sp³-hybridized carbons (Fsp3) is 0.769. The van der Waals surface area contributed by atoms with Gasteiger partial charge in [0.1, 0.15) is 0 Å². The second kappa shape index (κ2) is 7.96. The standard InChI is InChI=1S/C13H24N4O3/c1-8(2)6-9(14)12(19)16-7-11(18)17-13(20)10-4-3-5-15-10/h8-10,15H,3-7,14H2,1-2H3,(H,16,19)(H,17,18,20)/t9-,10+/m0/s1. The largest absolute Gasteiger partial charge is 0.346 e. The van der Waals surface area contributed by atoms with E-state index in [-0.39, 0.29) is 24.4 Å². The molecule has 7 nitrogen and oxygen atoms in total. The van der Waals surface area contributed by atoms with Gasteiger partial charge in [-0.15, -0.1) is 0 Å². The molecule has 0 aromatic rings. The van der Waals surface area contributed by atoms with E-state index < -0.39 is 11.9 Å². The van der Waals surface area contributed by atoms with Crippen LogP contribution in [0.2, 0.25) is 0 Å². The molecule has 0 aromatic carbocycles. The molecule has 1 aliphatic rings. The number of imide groups is 1. The molecule has 114 valence electrons. The van der Waals surface area contributed by atoms with Crippen LogP contribution in [-0.4, -0.2) is 42.9 Å². The van der Waals surface area contributed by atoms with Crippen molar-refractivity contribution < 1.29 is 14.4 Å². The van der Waals surface area contributed by atoms with Crippen LogP contribution in [-0.2, 0) is 14.4 Å². The molecule has 0 aromatic heterocycles. The summed E-state index contributed by atoms with van der Waals surface area (Å²) in [7, 11) is 0. The summed E-state index contributed by atoms with van der Waals surface area (Å²) in [6.07, 6.45) is 2.20. The Hall–Kier alpha value is -1.47. The van der Waals surface area contributed by atoms with Crippen molar-refractivity contribution >= 4 is 17.7 Å². The molecule has 0 saturated carbocycles. The lowest BCUT2D eigenvalue weighted by molar-refractivity contribution is -0.133. The van der Waals surface area contributed by atoms with Crippen LogP contribution in [0.1, 0.15) is 33.1 Å².